The predicted octanol–water partition coefficient (Wildman–Crippen LogP) is 1.79. The Morgan fingerprint density at radius 3 is 2.47 bits per heavy atom. The SMILES string of the molecule is O=C(O)CSCC(=O)Nc1ccc(Cl)c(C(=O)O)c1. The van der Waals surface area contributed by atoms with E-state index in [0.717, 1.165) is 11.8 Å². The monoisotopic (exact) mass is 303 g/mol. The highest BCUT2D eigenvalue weighted by Crippen LogP contribution is 2.20. The van der Waals surface area contributed by atoms with E-state index >= 15 is 0 Å². The highest BCUT2D eigenvalue weighted by Gasteiger charge is 2.11. The maximum atomic E-state index is 11.5. The summed E-state index contributed by atoms with van der Waals surface area (Å²) in [6, 6.07) is 4.07. The van der Waals surface area contributed by atoms with Gasteiger partial charge < -0.3 is 15.5 Å². The van der Waals surface area contributed by atoms with Gasteiger partial charge in [0.1, 0.15) is 0 Å². The van der Waals surface area contributed by atoms with E-state index in [9.17, 15) is 14.4 Å². The van der Waals surface area contributed by atoms with Gasteiger partial charge in [-0.25, -0.2) is 4.79 Å². The summed E-state index contributed by atoms with van der Waals surface area (Å²) in [4.78, 5) is 32.6. The van der Waals surface area contributed by atoms with Gasteiger partial charge in [-0.2, -0.15) is 0 Å². The van der Waals surface area contributed by atoms with Crippen LogP contribution >= 0.6 is 23.4 Å². The van der Waals surface area contributed by atoms with E-state index in [4.69, 9.17) is 21.8 Å². The van der Waals surface area contributed by atoms with Gasteiger partial charge in [0, 0.05) is 5.69 Å². The molecular weight excluding hydrogens is 294 g/mol. The topological polar surface area (TPSA) is 104 Å². The number of anilines is 1. The highest BCUT2D eigenvalue weighted by atomic mass is 35.5. The standard InChI is InChI=1S/C11H10ClNO5S/c12-8-2-1-6(3-7(8)11(17)18)13-9(14)4-19-5-10(15)16/h1-3H,4-5H2,(H,13,14)(H,15,16)(H,17,18). The van der Waals surface area contributed by atoms with Crippen molar-refractivity contribution in [2.45, 2.75) is 0 Å². The summed E-state index contributed by atoms with van der Waals surface area (Å²) in [5.41, 5.74) is 0.181. The zero-order chi connectivity index (χ0) is 14.4. The number of benzene rings is 1. The number of hydrogen-bond acceptors (Lipinski definition) is 4. The van der Waals surface area contributed by atoms with Crippen molar-refractivity contribution in [1.29, 1.82) is 0 Å². The fourth-order valence-corrected chi connectivity index (χ4v) is 1.93. The fourth-order valence-electron chi connectivity index (χ4n) is 1.20. The molecule has 0 aliphatic rings. The molecule has 0 saturated heterocycles. The lowest BCUT2D eigenvalue weighted by atomic mass is 10.2. The first kappa shape index (κ1) is 15.3. The van der Waals surface area contributed by atoms with E-state index in [2.05, 4.69) is 5.32 Å². The summed E-state index contributed by atoms with van der Waals surface area (Å²) in [6.45, 7) is 0. The van der Waals surface area contributed by atoms with E-state index in [1.165, 1.54) is 18.2 Å². The van der Waals surface area contributed by atoms with Gasteiger partial charge in [-0.05, 0) is 18.2 Å². The second kappa shape index (κ2) is 7.01. The van der Waals surface area contributed by atoms with Crippen LogP contribution in [0.1, 0.15) is 10.4 Å². The van der Waals surface area contributed by atoms with Crippen LogP contribution in [0.15, 0.2) is 18.2 Å². The quantitative estimate of drug-likeness (QED) is 0.740. The third-order valence-electron chi connectivity index (χ3n) is 1.94. The highest BCUT2D eigenvalue weighted by molar-refractivity contribution is 8.00. The molecule has 1 aromatic carbocycles. The van der Waals surface area contributed by atoms with Gasteiger partial charge >= 0.3 is 11.9 Å². The first-order valence-electron chi connectivity index (χ1n) is 5.02. The Kier molecular flexibility index (Phi) is 5.65. The minimum Gasteiger partial charge on any atom is -0.481 e. The molecule has 102 valence electrons. The van der Waals surface area contributed by atoms with Gasteiger partial charge in [0.15, 0.2) is 0 Å². The Morgan fingerprint density at radius 1 is 1.21 bits per heavy atom. The Bertz CT molecular complexity index is 520. The Balaban J connectivity index is 2.62. The van der Waals surface area contributed by atoms with Gasteiger partial charge in [-0.3, -0.25) is 9.59 Å². The average Bonchev–Trinajstić information content (AvgIpc) is 2.30. The molecule has 0 bridgehead atoms. The van der Waals surface area contributed by atoms with E-state index in [0.29, 0.717) is 5.69 Å². The molecule has 0 heterocycles. The molecule has 0 radical (unpaired) electrons. The van der Waals surface area contributed by atoms with Crippen LogP contribution < -0.4 is 5.32 Å². The van der Waals surface area contributed by atoms with Gasteiger partial charge in [0.05, 0.1) is 22.1 Å². The van der Waals surface area contributed by atoms with E-state index in [1.807, 2.05) is 0 Å². The van der Waals surface area contributed by atoms with Crippen LogP contribution in [0.2, 0.25) is 5.02 Å². The van der Waals surface area contributed by atoms with E-state index in [-0.39, 0.29) is 22.1 Å². The van der Waals surface area contributed by atoms with Crippen LogP contribution in [0.25, 0.3) is 0 Å². The van der Waals surface area contributed by atoms with Gasteiger partial charge in [-0.15, -0.1) is 11.8 Å². The normalized spacial score (nSPS) is 9.95. The van der Waals surface area contributed by atoms with E-state index < -0.39 is 17.8 Å². The summed E-state index contributed by atoms with van der Waals surface area (Å²) < 4.78 is 0. The maximum absolute atomic E-state index is 11.5. The first-order valence-corrected chi connectivity index (χ1v) is 6.55. The van der Waals surface area contributed by atoms with Crippen molar-refractivity contribution in [1.82, 2.24) is 0 Å². The Hall–Kier alpha value is -1.73. The van der Waals surface area contributed by atoms with Gasteiger partial charge in [0.25, 0.3) is 0 Å². The molecule has 19 heavy (non-hydrogen) atoms. The molecule has 0 saturated carbocycles. The number of aromatic carboxylic acids is 1. The van der Waals surface area contributed by atoms with Crippen LogP contribution in [0.4, 0.5) is 5.69 Å². The second-order valence-corrected chi connectivity index (χ2v) is 4.83. The summed E-state index contributed by atoms with van der Waals surface area (Å²) >= 11 is 6.63. The smallest absolute Gasteiger partial charge is 0.337 e. The molecule has 0 aromatic heterocycles. The summed E-state index contributed by atoms with van der Waals surface area (Å²) in [6.07, 6.45) is 0. The average molecular weight is 304 g/mol. The molecule has 1 aromatic rings. The number of halogens is 1. The summed E-state index contributed by atoms with van der Waals surface area (Å²) in [7, 11) is 0. The summed E-state index contributed by atoms with van der Waals surface area (Å²) in [5, 5.41) is 19.8. The van der Waals surface area contributed by atoms with Crippen molar-refractivity contribution in [2.24, 2.45) is 0 Å². The van der Waals surface area contributed by atoms with Crippen molar-refractivity contribution in [3.05, 3.63) is 28.8 Å². The lowest BCUT2D eigenvalue weighted by molar-refractivity contribution is -0.133. The molecule has 0 unspecified atom stereocenters. The molecule has 0 fully saturated rings. The van der Waals surface area contributed by atoms with Crippen LogP contribution in [0.5, 0.6) is 0 Å². The van der Waals surface area contributed by atoms with Crippen molar-refractivity contribution in [3.8, 4) is 0 Å². The number of amides is 1. The number of carboxylic acid groups (broad SMARTS) is 2. The number of rotatable bonds is 6. The molecule has 8 heteroatoms. The van der Waals surface area contributed by atoms with Gasteiger partial charge in [-0.1, -0.05) is 11.6 Å². The Morgan fingerprint density at radius 2 is 1.89 bits per heavy atom. The first-order chi connectivity index (χ1) is 8.90. The number of hydrogen-bond donors (Lipinski definition) is 3. The number of nitrogens with one attached hydrogen (secondary N) is 1. The fraction of sp³-hybridized carbons (Fsp3) is 0.182. The summed E-state index contributed by atoms with van der Waals surface area (Å²) in [5.74, 6) is -2.81. The zero-order valence-electron chi connectivity index (χ0n) is 9.55. The lowest BCUT2D eigenvalue weighted by Gasteiger charge is -2.06. The molecule has 0 aliphatic carbocycles. The lowest BCUT2D eigenvalue weighted by Crippen LogP contribution is -2.15. The van der Waals surface area contributed by atoms with Crippen LogP contribution in [-0.4, -0.2) is 39.6 Å². The van der Waals surface area contributed by atoms with E-state index in [1.54, 1.807) is 0 Å². The molecule has 1 rings (SSSR count). The molecule has 6 nitrogen and oxygen atoms in total. The maximum Gasteiger partial charge on any atom is 0.337 e. The Labute approximate surface area is 117 Å². The molecular formula is C11H10ClNO5S. The molecule has 3 N–H and O–H groups in total. The van der Waals surface area contributed by atoms with Crippen LogP contribution in [0.3, 0.4) is 0 Å². The number of thioether (sulfide) groups is 1. The minimum absolute atomic E-state index is 0.0304. The predicted molar refractivity (Wildman–Crippen MR) is 72.0 cm³/mol. The second-order valence-electron chi connectivity index (χ2n) is 3.43. The van der Waals surface area contributed by atoms with Crippen molar-refractivity contribution in [3.63, 3.8) is 0 Å². The molecule has 0 aliphatic heterocycles. The zero-order valence-corrected chi connectivity index (χ0v) is 11.1. The number of aliphatic carboxylic acids is 1. The van der Waals surface area contributed by atoms with Crippen molar-refractivity contribution < 1.29 is 24.6 Å². The number of carboxylic acids is 2. The molecule has 0 atom stereocenters. The minimum atomic E-state index is -1.19. The largest absolute Gasteiger partial charge is 0.481 e. The van der Waals surface area contributed by atoms with Gasteiger partial charge in [0.2, 0.25) is 5.91 Å². The third-order valence-corrected chi connectivity index (χ3v) is 3.19. The molecule has 0 spiro atoms. The number of carbonyl (C=O) groups is 3. The van der Waals surface area contributed by atoms with Crippen molar-refractivity contribution in [2.75, 3.05) is 16.8 Å². The van der Waals surface area contributed by atoms with Crippen LogP contribution in [0, 0.1) is 0 Å². The van der Waals surface area contributed by atoms with Crippen LogP contribution in [-0.2, 0) is 9.59 Å². The third kappa shape index (κ3) is 5.19. The van der Waals surface area contributed by atoms with Crippen molar-refractivity contribution >= 4 is 46.9 Å². The number of carbonyl (C=O) groups excluding carboxylic acids is 1. The molecule has 1 amide bonds.